The lowest BCUT2D eigenvalue weighted by Gasteiger charge is -2.19. The number of benzene rings is 3. The van der Waals surface area contributed by atoms with Crippen LogP contribution in [-0.2, 0) is 22.6 Å². The van der Waals surface area contributed by atoms with Crippen molar-refractivity contribution in [3.63, 3.8) is 0 Å². The van der Waals surface area contributed by atoms with Crippen molar-refractivity contribution in [2.75, 3.05) is 5.32 Å². The number of alkyl carbamates (subject to hydrolysis) is 1. The van der Waals surface area contributed by atoms with Gasteiger partial charge in [-0.3, -0.25) is 4.79 Å². The maximum absolute atomic E-state index is 13.0. The minimum atomic E-state index is -0.780. The fraction of sp³-hybridized carbons (Fsp3) is 0.231. The molecule has 0 spiro atoms. The van der Waals surface area contributed by atoms with E-state index in [9.17, 15) is 9.59 Å². The van der Waals surface area contributed by atoms with Crippen LogP contribution in [0.1, 0.15) is 29.0 Å². The maximum Gasteiger partial charge on any atom is 0.408 e. The van der Waals surface area contributed by atoms with Gasteiger partial charge in [-0.25, -0.2) is 4.79 Å². The number of rotatable bonds is 8. The standard InChI is InChI=1S/C26H27N3O3.ClH/c27-23-16-22(23)20-11-13-21(14-12-20)28-25(30)24(15-18-7-3-1-4-8-18)29-26(31)32-17-19-9-5-2-6-10-19;/h1-14,22-24H,15-17,27H2,(H,28,30)(H,29,31);1H/t22?,23?,24-;/m0./s1. The molecule has 0 aromatic heterocycles. The van der Waals surface area contributed by atoms with E-state index < -0.39 is 12.1 Å². The average Bonchev–Trinajstić information content (AvgIpc) is 3.55. The van der Waals surface area contributed by atoms with E-state index in [4.69, 9.17) is 10.5 Å². The van der Waals surface area contributed by atoms with Gasteiger partial charge < -0.3 is 21.1 Å². The number of hydrogen-bond acceptors (Lipinski definition) is 4. The van der Waals surface area contributed by atoms with Crippen LogP contribution in [0.5, 0.6) is 0 Å². The van der Waals surface area contributed by atoms with E-state index in [-0.39, 0.29) is 31.0 Å². The summed E-state index contributed by atoms with van der Waals surface area (Å²) < 4.78 is 5.31. The fourth-order valence-electron chi connectivity index (χ4n) is 3.61. The predicted molar refractivity (Wildman–Crippen MR) is 131 cm³/mol. The first kappa shape index (κ1) is 24.3. The van der Waals surface area contributed by atoms with Crippen LogP contribution < -0.4 is 16.4 Å². The normalized spacial score (nSPS) is 17.2. The van der Waals surface area contributed by atoms with Gasteiger partial charge in [-0.2, -0.15) is 0 Å². The van der Waals surface area contributed by atoms with Gasteiger partial charge in [0.1, 0.15) is 12.6 Å². The summed E-state index contributed by atoms with van der Waals surface area (Å²) in [5.74, 6) is 0.105. The molecule has 172 valence electrons. The van der Waals surface area contributed by atoms with E-state index in [0.29, 0.717) is 18.0 Å². The summed E-state index contributed by atoms with van der Waals surface area (Å²) >= 11 is 0. The molecule has 1 aliphatic carbocycles. The third-order valence-corrected chi connectivity index (χ3v) is 5.55. The molecule has 0 bridgehead atoms. The monoisotopic (exact) mass is 465 g/mol. The van der Waals surface area contributed by atoms with Crippen LogP contribution in [-0.4, -0.2) is 24.1 Å². The Bertz CT molecular complexity index is 1050. The molecule has 1 aliphatic rings. The molecule has 3 atom stereocenters. The van der Waals surface area contributed by atoms with Crippen molar-refractivity contribution < 1.29 is 14.3 Å². The topological polar surface area (TPSA) is 93.5 Å². The summed E-state index contributed by atoms with van der Waals surface area (Å²) in [5, 5.41) is 5.61. The molecule has 4 rings (SSSR count). The largest absolute Gasteiger partial charge is 0.445 e. The van der Waals surface area contributed by atoms with Crippen LogP contribution in [0.4, 0.5) is 10.5 Å². The number of carbonyl (C=O) groups excluding carboxylic acids is 2. The van der Waals surface area contributed by atoms with E-state index in [1.807, 2.05) is 84.9 Å². The van der Waals surface area contributed by atoms with Gasteiger partial charge in [0, 0.05) is 24.1 Å². The van der Waals surface area contributed by atoms with Crippen LogP contribution in [0.25, 0.3) is 0 Å². The van der Waals surface area contributed by atoms with E-state index in [1.54, 1.807) is 0 Å². The van der Waals surface area contributed by atoms with Gasteiger partial charge >= 0.3 is 6.09 Å². The zero-order valence-corrected chi connectivity index (χ0v) is 19.0. The summed E-state index contributed by atoms with van der Waals surface area (Å²) in [5.41, 5.74) is 9.58. The quantitative estimate of drug-likeness (QED) is 0.459. The average molecular weight is 466 g/mol. The van der Waals surface area contributed by atoms with Crippen molar-refractivity contribution in [3.8, 4) is 0 Å². The van der Waals surface area contributed by atoms with E-state index >= 15 is 0 Å². The van der Waals surface area contributed by atoms with E-state index in [2.05, 4.69) is 10.6 Å². The van der Waals surface area contributed by atoms with E-state index in [1.165, 1.54) is 5.56 Å². The minimum Gasteiger partial charge on any atom is -0.445 e. The molecule has 0 aliphatic heterocycles. The highest BCUT2D eigenvalue weighted by molar-refractivity contribution is 5.96. The lowest BCUT2D eigenvalue weighted by molar-refractivity contribution is -0.118. The minimum absolute atomic E-state index is 0. The molecular weight excluding hydrogens is 438 g/mol. The Balaban J connectivity index is 0.00000306. The highest BCUT2D eigenvalue weighted by atomic mass is 35.5. The number of nitrogens with one attached hydrogen (secondary N) is 2. The molecule has 1 saturated carbocycles. The summed E-state index contributed by atoms with van der Waals surface area (Å²) in [6, 6.07) is 26.1. The van der Waals surface area contributed by atoms with E-state index in [0.717, 1.165) is 17.5 Å². The molecule has 0 heterocycles. The van der Waals surface area contributed by atoms with Gasteiger partial charge in [0.15, 0.2) is 0 Å². The van der Waals surface area contributed by atoms with Crippen LogP contribution >= 0.6 is 12.4 Å². The van der Waals surface area contributed by atoms with Gasteiger partial charge in [0.2, 0.25) is 5.91 Å². The zero-order valence-electron chi connectivity index (χ0n) is 18.1. The number of carbonyl (C=O) groups is 2. The van der Waals surface area contributed by atoms with Gasteiger partial charge in [0.25, 0.3) is 0 Å². The molecule has 6 nitrogen and oxygen atoms in total. The molecule has 7 heteroatoms. The molecule has 3 aromatic carbocycles. The third-order valence-electron chi connectivity index (χ3n) is 5.55. The highest BCUT2D eigenvalue weighted by Gasteiger charge is 2.34. The Morgan fingerprint density at radius 1 is 0.909 bits per heavy atom. The van der Waals surface area contributed by atoms with Crippen molar-refractivity contribution in [1.29, 1.82) is 0 Å². The number of halogens is 1. The van der Waals surface area contributed by atoms with Gasteiger partial charge in [0.05, 0.1) is 0 Å². The predicted octanol–water partition coefficient (Wildman–Crippen LogP) is 4.40. The van der Waals surface area contributed by atoms with Crippen molar-refractivity contribution in [2.24, 2.45) is 5.73 Å². The molecule has 3 aromatic rings. The second-order valence-corrected chi connectivity index (χ2v) is 8.07. The zero-order chi connectivity index (χ0) is 22.3. The Hall–Kier alpha value is -3.35. The first-order valence-electron chi connectivity index (χ1n) is 10.8. The van der Waals surface area contributed by atoms with Crippen molar-refractivity contribution in [1.82, 2.24) is 5.32 Å². The Labute approximate surface area is 199 Å². The fourth-order valence-corrected chi connectivity index (χ4v) is 3.61. The number of anilines is 1. The lowest BCUT2D eigenvalue weighted by Crippen LogP contribution is -2.45. The Morgan fingerprint density at radius 2 is 1.48 bits per heavy atom. The highest BCUT2D eigenvalue weighted by Crippen LogP contribution is 2.39. The maximum atomic E-state index is 13.0. The van der Waals surface area contributed by atoms with Crippen LogP contribution in [0.2, 0.25) is 0 Å². The Kier molecular flexibility index (Phi) is 8.46. The molecule has 4 N–H and O–H groups in total. The third kappa shape index (κ3) is 7.07. The molecule has 33 heavy (non-hydrogen) atoms. The van der Waals surface area contributed by atoms with Crippen molar-refractivity contribution >= 4 is 30.1 Å². The Morgan fingerprint density at radius 3 is 2.06 bits per heavy atom. The van der Waals surface area contributed by atoms with Crippen LogP contribution in [0.15, 0.2) is 84.9 Å². The van der Waals surface area contributed by atoms with Crippen LogP contribution in [0, 0.1) is 0 Å². The first-order chi connectivity index (χ1) is 15.6. The van der Waals surface area contributed by atoms with Gasteiger partial charge in [-0.1, -0.05) is 72.8 Å². The van der Waals surface area contributed by atoms with Gasteiger partial charge in [-0.15, -0.1) is 12.4 Å². The molecule has 2 unspecified atom stereocenters. The summed E-state index contributed by atoms with van der Waals surface area (Å²) in [6.07, 6.45) is 0.713. The second kappa shape index (κ2) is 11.5. The van der Waals surface area contributed by atoms with Crippen LogP contribution in [0.3, 0.4) is 0 Å². The number of nitrogens with two attached hydrogens (primary N) is 1. The lowest BCUT2D eigenvalue weighted by atomic mass is 10.1. The van der Waals surface area contributed by atoms with Crippen molar-refractivity contribution in [3.05, 3.63) is 102 Å². The number of hydrogen-bond donors (Lipinski definition) is 3. The molecule has 2 amide bonds. The second-order valence-electron chi connectivity index (χ2n) is 8.07. The first-order valence-corrected chi connectivity index (χ1v) is 10.8. The number of ether oxygens (including phenoxy) is 1. The summed E-state index contributed by atoms with van der Waals surface area (Å²) in [7, 11) is 0. The molecule has 0 radical (unpaired) electrons. The van der Waals surface area contributed by atoms with Crippen molar-refractivity contribution in [2.45, 2.75) is 37.5 Å². The molecule has 0 saturated heterocycles. The molecular formula is C26H28ClN3O3. The summed E-state index contributed by atoms with van der Waals surface area (Å²) in [6.45, 7) is 0.136. The van der Waals surface area contributed by atoms with Gasteiger partial charge in [-0.05, 0) is 35.2 Å². The smallest absolute Gasteiger partial charge is 0.408 e. The summed E-state index contributed by atoms with van der Waals surface area (Å²) in [4.78, 5) is 25.4. The SMILES string of the molecule is Cl.NC1CC1c1ccc(NC(=O)[C@H](Cc2ccccc2)NC(=O)OCc2ccccc2)cc1. The molecule has 1 fully saturated rings. The number of amides is 2.